The average molecular weight is 476 g/mol. The number of fused-ring (bicyclic) bond motifs is 1. The summed E-state index contributed by atoms with van der Waals surface area (Å²) in [5.74, 6) is 0.241. The van der Waals surface area contributed by atoms with Crippen LogP contribution in [0.5, 0.6) is 5.75 Å². The molecule has 2 heterocycles. The van der Waals surface area contributed by atoms with E-state index in [1.54, 1.807) is 16.5 Å². The maximum absolute atomic E-state index is 13.3. The molecule has 1 unspecified atom stereocenters. The van der Waals surface area contributed by atoms with Crippen LogP contribution in [0.25, 0.3) is 0 Å². The quantitative estimate of drug-likeness (QED) is 0.545. The lowest BCUT2D eigenvalue weighted by Crippen LogP contribution is -2.41. The van der Waals surface area contributed by atoms with Crippen molar-refractivity contribution >= 4 is 46.6 Å². The third-order valence-electron chi connectivity index (χ3n) is 4.91. The van der Waals surface area contributed by atoms with Crippen molar-refractivity contribution < 1.29 is 18.7 Å². The molecule has 8 nitrogen and oxygen atoms in total. The number of amides is 2. The van der Waals surface area contributed by atoms with Crippen LogP contribution < -0.4 is 15.0 Å². The highest BCUT2D eigenvalue weighted by molar-refractivity contribution is 7.99. The minimum absolute atomic E-state index is 0.0472. The molecule has 1 atom stereocenters. The van der Waals surface area contributed by atoms with Gasteiger partial charge in [-0.15, -0.1) is 10.2 Å². The molecule has 0 saturated carbocycles. The maximum atomic E-state index is 13.3. The molecular formula is C21H19ClFN5O3S. The maximum Gasteiger partial charge on any atom is 0.265 e. The van der Waals surface area contributed by atoms with Crippen molar-refractivity contribution in [3.8, 4) is 5.75 Å². The molecule has 1 aliphatic heterocycles. The number of ether oxygens (including phenoxy) is 1. The Morgan fingerprint density at radius 2 is 2.09 bits per heavy atom. The Labute approximate surface area is 192 Å². The van der Waals surface area contributed by atoms with Crippen LogP contribution >= 0.6 is 23.4 Å². The number of halogens is 2. The minimum atomic E-state index is -0.554. The summed E-state index contributed by atoms with van der Waals surface area (Å²) in [7, 11) is 1.78. The van der Waals surface area contributed by atoms with Gasteiger partial charge < -0.3 is 14.6 Å². The van der Waals surface area contributed by atoms with Crippen LogP contribution in [0.3, 0.4) is 0 Å². The summed E-state index contributed by atoms with van der Waals surface area (Å²) in [6, 6.07) is 10.9. The van der Waals surface area contributed by atoms with Crippen molar-refractivity contribution in [2.45, 2.75) is 18.1 Å². The molecule has 0 saturated heterocycles. The molecule has 11 heteroatoms. The topological polar surface area (TPSA) is 89.4 Å². The summed E-state index contributed by atoms with van der Waals surface area (Å²) in [4.78, 5) is 26.5. The van der Waals surface area contributed by atoms with Crippen molar-refractivity contribution in [3.63, 3.8) is 0 Å². The second kappa shape index (κ2) is 9.17. The molecule has 0 spiro atoms. The lowest BCUT2D eigenvalue weighted by atomic mass is 10.1. The number of rotatable bonds is 6. The molecule has 2 amide bonds. The summed E-state index contributed by atoms with van der Waals surface area (Å²) >= 11 is 6.94. The number of carbonyl (C=O) groups is 2. The Morgan fingerprint density at radius 1 is 1.31 bits per heavy atom. The number of carbonyl (C=O) groups excluding carboxylic acids is 2. The third-order valence-corrected chi connectivity index (χ3v) is 6.22. The molecule has 32 heavy (non-hydrogen) atoms. The number of anilines is 2. The second-order valence-electron chi connectivity index (χ2n) is 7.06. The van der Waals surface area contributed by atoms with E-state index in [0.29, 0.717) is 28.1 Å². The van der Waals surface area contributed by atoms with E-state index in [4.69, 9.17) is 16.3 Å². The van der Waals surface area contributed by atoms with Gasteiger partial charge in [-0.3, -0.25) is 14.5 Å². The molecule has 4 rings (SSSR count). The first kappa shape index (κ1) is 22.1. The van der Waals surface area contributed by atoms with Crippen molar-refractivity contribution in [1.82, 2.24) is 14.8 Å². The summed E-state index contributed by atoms with van der Waals surface area (Å²) in [6.45, 7) is 1.82. The number of para-hydroxylation sites is 2. The second-order valence-corrected chi connectivity index (χ2v) is 8.41. The zero-order valence-corrected chi connectivity index (χ0v) is 18.8. The van der Waals surface area contributed by atoms with Gasteiger partial charge in [0, 0.05) is 12.7 Å². The molecule has 1 N–H and O–H groups in total. The number of nitrogens with one attached hydrogen (secondary N) is 1. The smallest absolute Gasteiger partial charge is 0.265 e. The summed E-state index contributed by atoms with van der Waals surface area (Å²) < 4.78 is 20.5. The highest BCUT2D eigenvalue weighted by Crippen LogP contribution is 2.37. The van der Waals surface area contributed by atoms with Crippen LogP contribution in [0.15, 0.2) is 47.6 Å². The predicted octanol–water partition coefficient (Wildman–Crippen LogP) is 3.83. The van der Waals surface area contributed by atoms with Crippen LogP contribution in [0.2, 0.25) is 5.02 Å². The molecule has 0 fully saturated rings. The first-order valence-electron chi connectivity index (χ1n) is 9.66. The van der Waals surface area contributed by atoms with Crippen LogP contribution in [0.4, 0.5) is 15.8 Å². The molecule has 0 aliphatic carbocycles. The zero-order chi connectivity index (χ0) is 22.8. The Morgan fingerprint density at radius 3 is 2.88 bits per heavy atom. The van der Waals surface area contributed by atoms with Crippen molar-refractivity contribution in [2.24, 2.45) is 7.05 Å². The normalized spacial score (nSPS) is 14.0. The molecule has 0 radical (unpaired) electrons. The molecular weight excluding hydrogens is 457 g/mol. The number of hydrogen-bond donors (Lipinski definition) is 1. The van der Waals surface area contributed by atoms with E-state index >= 15 is 0 Å². The summed E-state index contributed by atoms with van der Waals surface area (Å²) in [5.41, 5.74) is 1.07. The first-order valence-corrected chi connectivity index (χ1v) is 11.0. The van der Waals surface area contributed by atoms with E-state index in [1.165, 1.54) is 30.0 Å². The highest BCUT2D eigenvalue weighted by Gasteiger charge is 2.32. The fourth-order valence-corrected chi connectivity index (χ4v) is 4.28. The Bertz CT molecular complexity index is 1190. The Kier molecular flexibility index (Phi) is 6.33. The van der Waals surface area contributed by atoms with Crippen molar-refractivity contribution in [1.29, 1.82) is 0 Å². The van der Waals surface area contributed by atoms with Crippen molar-refractivity contribution in [3.05, 3.63) is 59.1 Å². The van der Waals surface area contributed by atoms with E-state index in [9.17, 15) is 14.0 Å². The number of benzene rings is 2. The van der Waals surface area contributed by atoms with E-state index in [2.05, 4.69) is 15.5 Å². The van der Waals surface area contributed by atoms with Crippen LogP contribution in [-0.2, 0) is 16.6 Å². The lowest BCUT2D eigenvalue weighted by molar-refractivity contribution is -0.121. The number of aromatic nitrogens is 3. The Hall–Kier alpha value is -3.11. The monoisotopic (exact) mass is 475 g/mol. The Balaban J connectivity index is 1.45. The largest absolute Gasteiger partial charge is 0.482 e. The third kappa shape index (κ3) is 4.42. The van der Waals surface area contributed by atoms with E-state index in [1.807, 2.05) is 31.2 Å². The zero-order valence-electron chi connectivity index (χ0n) is 17.2. The number of thioether (sulfide) groups is 1. The molecule has 1 aromatic heterocycles. The van der Waals surface area contributed by atoms with E-state index in [0.717, 1.165) is 0 Å². The van der Waals surface area contributed by atoms with Gasteiger partial charge in [0.05, 0.1) is 22.5 Å². The fraction of sp³-hybridized carbons (Fsp3) is 0.238. The SMILES string of the molecule is CC(c1nnc(SCC(=O)Nc2ccc(F)c(Cl)c2)n1C)N1C(=O)COc2ccccc21. The van der Waals surface area contributed by atoms with Gasteiger partial charge in [0.1, 0.15) is 11.6 Å². The molecule has 1 aliphatic rings. The highest BCUT2D eigenvalue weighted by atomic mass is 35.5. The number of nitrogens with zero attached hydrogens (tertiary/aromatic N) is 4. The first-order chi connectivity index (χ1) is 15.3. The van der Waals surface area contributed by atoms with Gasteiger partial charge in [-0.05, 0) is 37.3 Å². The number of hydrogen-bond acceptors (Lipinski definition) is 6. The van der Waals surface area contributed by atoms with Gasteiger partial charge >= 0.3 is 0 Å². The molecule has 3 aromatic rings. The van der Waals surface area contributed by atoms with Gasteiger partial charge in [0.15, 0.2) is 17.6 Å². The molecule has 166 valence electrons. The van der Waals surface area contributed by atoms with Gasteiger partial charge in [0.25, 0.3) is 5.91 Å². The minimum Gasteiger partial charge on any atom is -0.482 e. The van der Waals surface area contributed by atoms with Crippen LogP contribution in [0.1, 0.15) is 18.8 Å². The molecule has 0 bridgehead atoms. The standard InChI is InChI=1S/C21H19ClFN5O3S/c1-12(28-16-5-3-4-6-17(16)31-10-19(28)30)20-25-26-21(27(20)2)32-11-18(29)24-13-7-8-15(23)14(22)9-13/h3-9,12H,10-11H2,1-2H3,(H,24,29). The van der Waals surface area contributed by atoms with Crippen LogP contribution in [-0.4, -0.2) is 38.9 Å². The van der Waals surface area contributed by atoms with E-state index in [-0.39, 0.29) is 29.2 Å². The van der Waals surface area contributed by atoms with Crippen molar-refractivity contribution in [2.75, 3.05) is 22.6 Å². The van der Waals surface area contributed by atoms with E-state index < -0.39 is 11.9 Å². The fourth-order valence-electron chi connectivity index (χ4n) is 3.38. The van der Waals surface area contributed by atoms with Crippen LogP contribution in [0, 0.1) is 5.82 Å². The van der Waals surface area contributed by atoms with Gasteiger partial charge in [-0.25, -0.2) is 4.39 Å². The van der Waals surface area contributed by atoms with Gasteiger partial charge in [-0.2, -0.15) is 0 Å². The predicted molar refractivity (Wildman–Crippen MR) is 120 cm³/mol. The lowest BCUT2D eigenvalue weighted by Gasteiger charge is -2.33. The summed E-state index contributed by atoms with van der Waals surface area (Å²) in [5, 5.41) is 11.5. The summed E-state index contributed by atoms with van der Waals surface area (Å²) in [6.07, 6.45) is 0. The van der Waals surface area contributed by atoms with Gasteiger partial charge in [-0.1, -0.05) is 35.5 Å². The van der Waals surface area contributed by atoms with Gasteiger partial charge in [0.2, 0.25) is 5.91 Å². The molecule has 2 aromatic carbocycles. The average Bonchev–Trinajstić information content (AvgIpc) is 3.14.